The minimum atomic E-state index is -0.179. The van der Waals surface area contributed by atoms with Crippen molar-refractivity contribution in [2.45, 2.75) is 19.3 Å². The third-order valence-electron chi connectivity index (χ3n) is 12.6. The lowest BCUT2D eigenvalue weighted by atomic mass is 9.82. The van der Waals surface area contributed by atoms with Crippen LogP contribution < -0.4 is 4.90 Å². The molecule has 0 saturated carbocycles. The molecule has 61 heavy (non-hydrogen) atoms. The second-order valence-electron chi connectivity index (χ2n) is 16.6. The maximum atomic E-state index is 6.80. The Hall–Kier alpha value is -7.82. The van der Waals surface area contributed by atoms with Crippen molar-refractivity contribution in [3.8, 4) is 44.6 Å². The van der Waals surface area contributed by atoms with E-state index in [0.717, 1.165) is 77.6 Å². The summed E-state index contributed by atoms with van der Waals surface area (Å²) in [5.74, 6) is 0.589. The van der Waals surface area contributed by atoms with E-state index in [-0.39, 0.29) is 5.41 Å². The zero-order valence-corrected chi connectivity index (χ0v) is 33.8. The van der Waals surface area contributed by atoms with Gasteiger partial charge in [-0.15, -0.1) is 0 Å². The Labute approximate surface area is 354 Å². The van der Waals surface area contributed by atoms with Crippen molar-refractivity contribution in [1.29, 1.82) is 0 Å². The molecule has 0 spiro atoms. The lowest BCUT2D eigenvalue weighted by Crippen LogP contribution is -2.17. The molecule has 4 nitrogen and oxygen atoms in total. The summed E-state index contributed by atoms with van der Waals surface area (Å²) in [5.41, 5.74) is 15.9. The van der Waals surface area contributed by atoms with E-state index in [1.54, 1.807) is 0 Å². The molecule has 0 fully saturated rings. The van der Waals surface area contributed by atoms with Crippen molar-refractivity contribution in [3.63, 3.8) is 0 Å². The van der Waals surface area contributed by atoms with Gasteiger partial charge in [0.1, 0.15) is 11.2 Å². The van der Waals surface area contributed by atoms with Gasteiger partial charge in [-0.3, -0.25) is 4.90 Å². The SMILES string of the molecule is CC1(C)c2ccccc2-c2ccc(N(c3ccc(-c4ccccc4)cc3)c3nc(-c4cc(-c5ccccc5)c5c(c4)oc4cc6ccccc6cc45)c4ccccc4n3)cc21. The first-order valence-electron chi connectivity index (χ1n) is 20.9. The van der Waals surface area contributed by atoms with E-state index in [1.807, 2.05) is 0 Å². The van der Waals surface area contributed by atoms with E-state index >= 15 is 0 Å². The second-order valence-corrected chi connectivity index (χ2v) is 16.6. The fourth-order valence-electron chi connectivity index (χ4n) is 9.60. The van der Waals surface area contributed by atoms with Crippen molar-refractivity contribution < 1.29 is 4.42 Å². The van der Waals surface area contributed by atoms with Gasteiger partial charge in [0.2, 0.25) is 5.95 Å². The first-order valence-corrected chi connectivity index (χ1v) is 20.9. The highest BCUT2D eigenvalue weighted by Crippen LogP contribution is 2.51. The number of furan rings is 1. The normalized spacial score (nSPS) is 12.9. The summed E-state index contributed by atoms with van der Waals surface area (Å²) < 4.78 is 6.80. The number of hydrogen-bond donors (Lipinski definition) is 0. The Balaban J connectivity index is 1.10. The molecule has 11 aromatic rings. The Morgan fingerprint density at radius 1 is 0.426 bits per heavy atom. The van der Waals surface area contributed by atoms with E-state index in [9.17, 15) is 0 Å². The summed E-state index contributed by atoms with van der Waals surface area (Å²) in [7, 11) is 0. The van der Waals surface area contributed by atoms with Crippen LogP contribution in [0, 0.1) is 0 Å². The molecule has 2 heterocycles. The number of hydrogen-bond acceptors (Lipinski definition) is 4. The van der Waals surface area contributed by atoms with E-state index in [0.29, 0.717) is 5.95 Å². The summed E-state index contributed by atoms with van der Waals surface area (Å²) in [5, 5.41) is 5.49. The number of nitrogens with zero attached hydrogens (tertiary/aromatic N) is 3. The van der Waals surface area contributed by atoms with Crippen molar-refractivity contribution in [2.24, 2.45) is 0 Å². The number of anilines is 3. The van der Waals surface area contributed by atoms with Crippen LogP contribution >= 0.6 is 0 Å². The topological polar surface area (TPSA) is 42.2 Å². The molecule has 0 aliphatic heterocycles. The van der Waals surface area contributed by atoms with Crippen molar-refractivity contribution in [2.75, 3.05) is 4.90 Å². The van der Waals surface area contributed by atoms with Crippen molar-refractivity contribution >= 4 is 60.9 Å². The average Bonchev–Trinajstić information content (AvgIpc) is 3.78. The van der Waals surface area contributed by atoms with Gasteiger partial charge in [0.15, 0.2) is 0 Å². The summed E-state index contributed by atoms with van der Waals surface area (Å²) in [4.78, 5) is 13.2. The summed E-state index contributed by atoms with van der Waals surface area (Å²) in [6, 6.07) is 71.2. The van der Waals surface area contributed by atoms with Gasteiger partial charge in [-0.2, -0.15) is 0 Å². The molecular formula is C57H39N3O. The van der Waals surface area contributed by atoms with E-state index < -0.39 is 0 Å². The molecule has 9 aromatic carbocycles. The van der Waals surface area contributed by atoms with Gasteiger partial charge in [0.25, 0.3) is 0 Å². The molecule has 12 rings (SSSR count). The molecule has 1 aliphatic rings. The monoisotopic (exact) mass is 781 g/mol. The lowest BCUT2D eigenvalue weighted by molar-refractivity contribution is 0.660. The molecular weight excluding hydrogens is 743 g/mol. The number of rotatable bonds is 6. The van der Waals surface area contributed by atoms with Gasteiger partial charge in [-0.25, -0.2) is 9.97 Å². The maximum Gasteiger partial charge on any atom is 0.235 e. The first kappa shape index (κ1) is 35.2. The molecule has 288 valence electrons. The van der Waals surface area contributed by atoms with Crippen LogP contribution in [0.2, 0.25) is 0 Å². The van der Waals surface area contributed by atoms with Gasteiger partial charge < -0.3 is 4.42 Å². The van der Waals surface area contributed by atoms with Gasteiger partial charge in [-0.1, -0.05) is 159 Å². The molecule has 1 aliphatic carbocycles. The molecule has 0 N–H and O–H groups in total. The van der Waals surface area contributed by atoms with Crippen LogP contribution in [0.4, 0.5) is 17.3 Å². The smallest absolute Gasteiger partial charge is 0.235 e. The Morgan fingerprint density at radius 2 is 1.07 bits per heavy atom. The molecule has 0 unspecified atom stereocenters. The van der Waals surface area contributed by atoms with Crippen molar-refractivity contribution in [1.82, 2.24) is 9.97 Å². The Kier molecular flexibility index (Phi) is 7.85. The van der Waals surface area contributed by atoms with Crippen LogP contribution in [0.1, 0.15) is 25.0 Å². The molecule has 0 radical (unpaired) electrons. The Bertz CT molecular complexity index is 3500. The molecule has 0 atom stereocenters. The summed E-state index contributed by atoms with van der Waals surface area (Å²) in [6.07, 6.45) is 0. The summed E-state index contributed by atoms with van der Waals surface area (Å²) >= 11 is 0. The fraction of sp³-hybridized carbons (Fsp3) is 0.0526. The van der Waals surface area contributed by atoms with Gasteiger partial charge in [0, 0.05) is 38.5 Å². The maximum absolute atomic E-state index is 6.80. The molecule has 0 saturated heterocycles. The third kappa shape index (κ3) is 5.67. The average molecular weight is 782 g/mol. The van der Waals surface area contributed by atoms with Crippen LogP contribution in [0.3, 0.4) is 0 Å². The fourth-order valence-corrected chi connectivity index (χ4v) is 9.60. The number of para-hydroxylation sites is 1. The highest BCUT2D eigenvalue weighted by Gasteiger charge is 2.36. The Morgan fingerprint density at radius 3 is 1.87 bits per heavy atom. The number of fused-ring (bicyclic) bond motifs is 8. The molecule has 0 amide bonds. The minimum absolute atomic E-state index is 0.179. The van der Waals surface area contributed by atoms with E-state index in [4.69, 9.17) is 14.4 Å². The molecule has 0 bridgehead atoms. The van der Waals surface area contributed by atoms with Crippen LogP contribution in [0.5, 0.6) is 0 Å². The molecule has 4 heteroatoms. The summed E-state index contributed by atoms with van der Waals surface area (Å²) in [6.45, 7) is 4.65. The highest BCUT2D eigenvalue weighted by molar-refractivity contribution is 6.17. The number of aromatic nitrogens is 2. The predicted molar refractivity (Wildman–Crippen MR) is 253 cm³/mol. The van der Waals surface area contributed by atoms with Crippen molar-refractivity contribution in [3.05, 3.63) is 211 Å². The zero-order chi connectivity index (χ0) is 40.7. The first-order chi connectivity index (χ1) is 30.0. The van der Waals surface area contributed by atoms with Crippen LogP contribution in [0.15, 0.2) is 205 Å². The lowest BCUT2D eigenvalue weighted by Gasteiger charge is -2.27. The zero-order valence-electron chi connectivity index (χ0n) is 33.8. The highest BCUT2D eigenvalue weighted by atomic mass is 16.3. The third-order valence-corrected chi connectivity index (χ3v) is 12.6. The largest absolute Gasteiger partial charge is 0.456 e. The standard InChI is InChI=1S/C57H39N3O/c1-57(2)49-23-13-11-21-44(49)45-30-29-43(35-50(45)57)60(42-27-25-37(26-28-42)36-15-5-3-6-16-36)56-58-51-24-14-12-22-46(51)55(59-56)41-32-47(38-17-7-4-8-18-38)54-48-31-39-19-9-10-20-40(39)33-52(48)61-53(54)34-41/h3-35H,1-2H3. The predicted octanol–water partition coefficient (Wildman–Crippen LogP) is 15.5. The van der Waals surface area contributed by atoms with Crippen LogP contribution in [-0.4, -0.2) is 9.97 Å². The second kappa shape index (κ2) is 13.6. The number of benzene rings is 9. The molecule has 2 aromatic heterocycles. The van der Waals surface area contributed by atoms with Crippen LogP contribution in [0.25, 0.3) is 88.3 Å². The van der Waals surface area contributed by atoms with Gasteiger partial charge in [0.05, 0.1) is 11.2 Å². The van der Waals surface area contributed by atoms with Crippen LogP contribution in [-0.2, 0) is 5.41 Å². The van der Waals surface area contributed by atoms with E-state index in [2.05, 4.69) is 219 Å². The quantitative estimate of drug-likeness (QED) is 0.168. The van der Waals surface area contributed by atoms with E-state index in [1.165, 1.54) is 33.2 Å². The minimum Gasteiger partial charge on any atom is -0.456 e. The van der Waals surface area contributed by atoms with Gasteiger partial charge >= 0.3 is 0 Å². The van der Waals surface area contributed by atoms with Gasteiger partial charge in [-0.05, 0) is 110 Å².